The van der Waals surface area contributed by atoms with Crippen molar-refractivity contribution in [1.29, 1.82) is 0 Å². The summed E-state index contributed by atoms with van der Waals surface area (Å²) < 4.78 is 5.69. The van der Waals surface area contributed by atoms with Crippen LogP contribution >= 0.6 is 11.6 Å². The number of amides is 1. The lowest BCUT2D eigenvalue weighted by Gasteiger charge is -2.34. The highest BCUT2D eigenvalue weighted by molar-refractivity contribution is 6.31. The van der Waals surface area contributed by atoms with Gasteiger partial charge in [0, 0.05) is 10.9 Å². The Kier molecular flexibility index (Phi) is 3.29. The number of halogens is 1. The SMILES string of the molecule is CC(C)C(=O)N1C[C@H](C)Oc2ccc(Cl)cc21. The van der Waals surface area contributed by atoms with Crippen LogP contribution in [0, 0.1) is 5.92 Å². The molecule has 1 heterocycles. The fraction of sp³-hybridized carbons (Fsp3) is 0.462. The van der Waals surface area contributed by atoms with Crippen LogP contribution in [0.5, 0.6) is 5.75 Å². The summed E-state index contributed by atoms with van der Waals surface area (Å²) in [5.41, 5.74) is 0.773. The Labute approximate surface area is 106 Å². The molecule has 92 valence electrons. The molecule has 1 aliphatic heterocycles. The molecule has 0 bridgehead atoms. The topological polar surface area (TPSA) is 29.5 Å². The molecule has 0 fully saturated rings. The fourth-order valence-corrected chi connectivity index (χ4v) is 2.10. The minimum Gasteiger partial charge on any atom is -0.487 e. The second kappa shape index (κ2) is 4.57. The number of anilines is 1. The molecule has 0 aliphatic carbocycles. The molecule has 2 rings (SSSR count). The van der Waals surface area contributed by atoms with Gasteiger partial charge in [-0.25, -0.2) is 0 Å². The van der Waals surface area contributed by atoms with Crippen LogP contribution in [0.2, 0.25) is 5.02 Å². The van der Waals surface area contributed by atoms with Gasteiger partial charge in [0.25, 0.3) is 0 Å². The minimum absolute atomic E-state index is 0.00590. The van der Waals surface area contributed by atoms with Gasteiger partial charge in [0.05, 0.1) is 12.2 Å². The Morgan fingerprint density at radius 1 is 1.53 bits per heavy atom. The van der Waals surface area contributed by atoms with Crippen molar-refractivity contribution in [1.82, 2.24) is 0 Å². The van der Waals surface area contributed by atoms with Gasteiger partial charge in [-0.15, -0.1) is 0 Å². The van der Waals surface area contributed by atoms with E-state index in [1.165, 1.54) is 0 Å². The van der Waals surface area contributed by atoms with Crippen LogP contribution in [-0.4, -0.2) is 18.6 Å². The van der Waals surface area contributed by atoms with Crippen LogP contribution in [0.4, 0.5) is 5.69 Å². The number of hydrogen-bond donors (Lipinski definition) is 0. The third kappa shape index (κ3) is 2.39. The maximum Gasteiger partial charge on any atom is 0.229 e. The van der Waals surface area contributed by atoms with Gasteiger partial charge in [0.2, 0.25) is 5.91 Å². The van der Waals surface area contributed by atoms with Gasteiger partial charge in [-0.05, 0) is 25.1 Å². The summed E-state index contributed by atoms with van der Waals surface area (Å²) in [5.74, 6) is 0.790. The van der Waals surface area contributed by atoms with Crippen molar-refractivity contribution in [3.8, 4) is 5.75 Å². The van der Waals surface area contributed by atoms with Gasteiger partial charge >= 0.3 is 0 Å². The highest BCUT2D eigenvalue weighted by Crippen LogP contribution is 2.36. The van der Waals surface area contributed by atoms with E-state index in [0.29, 0.717) is 11.6 Å². The molecule has 4 heteroatoms. The summed E-state index contributed by atoms with van der Waals surface area (Å²) >= 11 is 5.97. The lowest BCUT2D eigenvalue weighted by atomic mass is 10.1. The van der Waals surface area contributed by atoms with Crippen molar-refractivity contribution in [3.05, 3.63) is 23.2 Å². The van der Waals surface area contributed by atoms with Gasteiger partial charge in [0.1, 0.15) is 11.9 Å². The minimum atomic E-state index is -0.0351. The highest BCUT2D eigenvalue weighted by atomic mass is 35.5. The van der Waals surface area contributed by atoms with Crippen LogP contribution in [0.25, 0.3) is 0 Å². The van der Waals surface area contributed by atoms with Crippen LogP contribution in [-0.2, 0) is 4.79 Å². The monoisotopic (exact) mass is 253 g/mol. The van der Waals surface area contributed by atoms with Crippen LogP contribution in [0.1, 0.15) is 20.8 Å². The second-order valence-electron chi connectivity index (χ2n) is 4.64. The summed E-state index contributed by atoms with van der Waals surface area (Å²) in [7, 11) is 0. The molecule has 0 radical (unpaired) electrons. The van der Waals surface area contributed by atoms with Crippen molar-refractivity contribution in [2.24, 2.45) is 5.92 Å². The summed E-state index contributed by atoms with van der Waals surface area (Å²) in [4.78, 5) is 13.9. The summed E-state index contributed by atoms with van der Waals surface area (Å²) in [6.07, 6.45) is 0.00590. The highest BCUT2D eigenvalue weighted by Gasteiger charge is 2.28. The molecule has 0 spiro atoms. The molecular formula is C13H16ClNO2. The maximum absolute atomic E-state index is 12.1. The Hall–Kier alpha value is -1.22. The van der Waals surface area contributed by atoms with Crippen molar-refractivity contribution < 1.29 is 9.53 Å². The van der Waals surface area contributed by atoms with E-state index in [1.807, 2.05) is 26.8 Å². The number of hydrogen-bond acceptors (Lipinski definition) is 2. The summed E-state index contributed by atoms with van der Waals surface area (Å²) in [6.45, 7) is 6.32. The molecule has 0 N–H and O–H groups in total. The van der Waals surface area contributed by atoms with Crippen molar-refractivity contribution in [3.63, 3.8) is 0 Å². The van der Waals surface area contributed by atoms with E-state index in [0.717, 1.165) is 11.4 Å². The third-order valence-corrected chi connectivity index (χ3v) is 2.97. The molecule has 0 saturated carbocycles. The molecule has 3 nitrogen and oxygen atoms in total. The normalized spacial score (nSPS) is 18.9. The molecule has 1 atom stereocenters. The fourth-order valence-electron chi connectivity index (χ4n) is 1.93. The van der Waals surface area contributed by atoms with E-state index in [4.69, 9.17) is 16.3 Å². The van der Waals surface area contributed by atoms with E-state index < -0.39 is 0 Å². The van der Waals surface area contributed by atoms with Crippen LogP contribution < -0.4 is 9.64 Å². The number of fused-ring (bicyclic) bond motifs is 1. The third-order valence-electron chi connectivity index (χ3n) is 2.74. The predicted octanol–water partition coefficient (Wildman–Crippen LogP) is 3.11. The molecule has 0 aromatic heterocycles. The van der Waals surface area contributed by atoms with Crippen molar-refractivity contribution >= 4 is 23.2 Å². The molecule has 1 aromatic carbocycles. The number of carbonyl (C=O) groups excluding carboxylic acids is 1. The Morgan fingerprint density at radius 3 is 2.88 bits per heavy atom. The first-order valence-electron chi connectivity index (χ1n) is 5.76. The Balaban J connectivity index is 2.42. The molecule has 17 heavy (non-hydrogen) atoms. The van der Waals surface area contributed by atoms with Crippen molar-refractivity contribution in [2.75, 3.05) is 11.4 Å². The largest absolute Gasteiger partial charge is 0.487 e. The van der Waals surface area contributed by atoms with Gasteiger partial charge in [-0.2, -0.15) is 0 Å². The van der Waals surface area contributed by atoms with E-state index >= 15 is 0 Å². The quantitative estimate of drug-likeness (QED) is 0.770. The lowest BCUT2D eigenvalue weighted by Crippen LogP contribution is -2.44. The van der Waals surface area contributed by atoms with Crippen LogP contribution in [0.15, 0.2) is 18.2 Å². The first-order chi connectivity index (χ1) is 7.99. The van der Waals surface area contributed by atoms with Gasteiger partial charge in [-0.1, -0.05) is 25.4 Å². The average molecular weight is 254 g/mol. The summed E-state index contributed by atoms with van der Waals surface area (Å²) in [6, 6.07) is 5.37. The molecule has 1 aliphatic rings. The molecular weight excluding hydrogens is 238 g/mol. The van der Waals surface area contributed by atoms with E-state index in [2.05, 4.69) is 0 Å². The number of nitrogens with zero attached hydrogens (tertiary/aromatic N) is 1. The smallest absolute Gasteiger partial charge is 0.229 e. The van der Waals surface area contributed by atoms with Crippen molar-refractivity contribution in [2.45, 2.75) is 26.9 Å². The van der Waals surface area contributed by atoms with Crippen LogP contribution in [0.3, 0.4) is 0 Å². The Morgan fingerprint density at radius 2 is 2.24 bits per heavy atom. The average Bonchev–Trinajstić information content (AvgIpc) is 2.27. The van der Waals surface area contributed by atoms with E-state index in [-0.39, 0.29) is 17.9 Å². The Bertz CT molecular complexity index is 445. The number of ether oxygens (including phenoxy) is 1. The molecule has 1 amide bonds. The number of rotatable bonds is 1. The predicted molar refractivity (Wildman–Crippen MR) is 68.7 cm³/mol. The van der Waals surface area contributed by atoms with Gasteiger partial charge in [0.15, 0.2) is 0 Å². The standard InChI is InChI=1S/C13H16ClNO2/c1-8(2)13(16)15-7-9(3)17-12-5-4-10(14)6-11(12)15/h4-6,8-9H,7H2,1-3H3/t9-/m0/s1. The second-order valence-corrected chi connectivity index (χ2v) is 5.08. The first-order valence-corrected chi connectivity index (χ1v) is 6.14. The van der Waals surface area contributed by atoms with E-state index in [9.17, 15) is 4.79 Å². The molecule has 1 aromatic rings. The number of benzene rings is 1. The van der Waals surface area contributed by atoms with Gasteiger partial charge < -0.3 is 9.64 Å². The van der Waals surface area contributed by atoms with E-state index in [1.54, 1.807) is 17.0 Å². The zero-order valence-electron chi connectivity index (χ0n) is 10.2. The summed E-state index contributed by atoms with van der Waals surface area (Å²) in [5, 5.41) is 0.614. The molecule has 0 unspecified atom stereocenters. The zero-order valence-corrected chi connectivity index (χ0v) is 11.0. The number of carbonyl (C=O) groups is 1. The lowest BCUT2D eigenvalue weighted by molar-refractivity contribution is -0.121. The zero-order chi connectivity index (χ0) is 12.6. The maximum atomic E-state index is 12.1. The van der Waals surface area contributed by atoms with Gasteiger partial charge in [-0.3, -0.25) is 4.79 Å². The molecule has 0 saturated heterocycles. The first kappa shape index (κ1) is 12.2.